The second kappa shape index (κ2) is 7.95. The zero-order chi connectivity index (χ0) is 21.5. The topological polar surface area (TPSA) is 75.7 Å². The minimum atomic E-state index is -3.50. The maximum atomic E-state index is 13.0. The highest BCUT2D eigenvalue weighted by Gasteiger charge is 2.45. The molecule has 6 nitrogen and oxygen atoms in total. The third-order valence-electron chi connectivity index (χ3n) is 6.69. The second-order valence-electron chi connectivity index (χ2n) is 8.99. The van der Waals surface area contributed by atoms with E-state index in [4.69, 9.17) is 4.74 Å². The van der Waals surface area contributed by atoms with Gasteiger partial charge in [0.2, 0.25) is 15.9 Å². The number of fused-ring (bicyclic) bond motifs is 1. The van der Waals surface area contributed by atoms with Gasteiger partial charge in [-0.1, -0.05) is 36.4 Å². The van der Waals surface area contributed by atoms with Crippen molar-refractivity contribution in [2.75, 3.05) is 13.1 Å². The molecule has 0 unspecified atom stereocenters. The maximum absolute atomic E-state index is 13.0. The molecule has 0 bridgehead atoms. The molecule has 1 N–H and O–H groups in total. The molecule has 2 aliphatic heterocycles. The van der Waals surface area contributed by atoms with Crippen LogP contribution in [-0.2, 0) is 14.8 Å². The van der Waals surface area contributed by atoms with Crippen molar-refractivity contribution >= 4 is 15.9 Å². The van der Waals surface area contributed by atoms with E-state index in [2.05, 4.69) is 5.32 Å². The van der Waals surface area contributed by atoms with Crippen LogP contribution in [0.4, 0.5) is 0 Å². The van der Waals surface area contributed by atoms with Gasteiger partial charge in [0.25, 0.3) is 0 Å². The molecule has 2 fully saturated rings. The van der Waals surface area contributed by atoms with Crippen LogP contribution >= 0.6 is 0 Å². The molecular weight excluding hydrogens is 412 g/mol. The lowest BCUT2D eigenvalue weighted by Gasteiger charge is -2.46. The third-order valence-corrected chi connectivity index (χ3v) is 8.61. The summed E-state index contributed by atoms with van der Waals surface area (Å²) in [5, 5.41) is 3.10. The molecule has 0 radical (unpaired) electrons. The predicted molar refractivity (Wildman–Crippen MR) is 117 cm³/mol. The van der Waals surface area contributed by atoms with Crippen LogP contribution < -0.4 is 10.1 Å². The maximum Gasteiger partial charge on any atom is 0.243 e. The molecule has 1 saturated carbocycles. The van der Waals surface area contributed by atoms with Crippen molar-refractivity contribution in [3.63, 3.8) is 0 Å². The first kappa shape index (κ1) is 20.5. The third kappa shape index (κ3) is 4.21. The lowest BCUT2D eigenvalue weighted by Crippen LogP contribution is -2.52. The van der Waals surface area contributed by atoms with Gasteiger partial charge in [0.15, 0.2) is 0 Å². The fraction of sp³-hybridized carbons (Fsp3) is 0.458. The van der Waals surface area contributed by atoms with Gasteiger partial charge in [-0.25, -0.2) is 8.42 Å². The zero-order valence-electron chi connectivity index (χ0n) is 17.5. The first-order valence-electron chi connectivity index (χ1n) is 11.1. The van der Waals surface area contributed by atoms with Gasteiger partial charge in [0.05, 0.1) is 4.90 Å². The van der Waals surface area contributed by atoms with E-state index in [0.29, 0.717) is 43.3 Å². The summed E-state index contributed by atoms with van der Waals surface area (Å²) in [5.41, 5.74) is 0.653. The number of carbonyl (C=O) groups excluding carboxylic acids is 1. The molecule has 2 aromatic rings. The van der Waals surface area contributed by atoms with Crippen LogP contribution in [-0.4, -0.2) is 43.4 Å². The molecule has 3 aliphatic rings. The Morgan fingerprint density at radius 1 is 1.03 bits per heavy atom. The molecular formula is C24H28N2O4S. The van der Waals surface area contributed by atoms with Crippen molar-refractivity contribution in [1.82, 2.24) is 9.62 Å². The minimum absolute atomic E-state index is 0.0842. The molecule has 1 spiro atoms. The highest BCUT2D eigenvalue weighted by atomic mass is 32.2. The molecule has 1 aliphatic carbocycles. The summed E-state index contributed by atoms with van der Waals surface area (Å²) in [4.78, 5) is 12.9. The molecule has 2 heterocycles. The largest absolute Gasteiger partial charge is 0.487 e. The number of ether oxygens (including phenoxy) is 1. The van der Waals surface area contributed by atoms with E-state index in [1.165, 1.54) is 0 Å². The second-order valence-corrected chi connectivity index (χ2v) is 10.9. The zero-order valence-corrected chi connectivity index (χ0v) is 18.3. The van der Waals surface area contributed by atoms with Crippen molar-refractivity contribution in [3.8, 4) is 5.75 Å². The number of amides is 1. The summed E-state index contributed by atoms with van der Waals surface area (Å²) < 4.78 is 34.1. The molecule has 31 heavy (non-hydrogen) atoms. The SMILES string of the molecule is O=C(C[C@H]1CC2(CCN(S(=O)(=O)c3ccccc3)CC2)Oc2ccccc21)NC1CC1. The van der Waals surface area contributed by atoms with E-state index in [1.54, 1.807) is 28.6 Å². The standard InChI is InChI=1S/C24H28N2O4S/c27-23(25-19-10-11-19)16-18-17-24(30-22-9-5-4-8-21(18)22)12-14-26(15-13-24)31(28,29)20-6-2-1-3-7-20/h1-9,18-19H,10-17H2,(H,25,27)/t18-/m0/s1. The Morgan fingerprint density at radius 3 is 2.42 bits per heavy atom. The van der Waals surface area contributed by atoms with E-state index in [1.807, 2.05) is 30.3 Å². The molecule has 164 valence electrons. The van der Waals surface area contributed by atoms with Crippen LogP contribution in [0.25, 0.3) is 0 Å². The number of para-hydroxylation sites is 1. The van der Waals surface area contributed by atoms with Crippen LogP contribution in [0.5, 0.6) is 5.75 Å². The first-order valence-corrected chi connectivity index (χ1v) is 12.5. The Labute approximate surface area is 183 Å². The summed E-state index contributed by atoms with van der Waals surface area (Å²) in [6.45, 7) is 0.834. The number of hydrogen-bond donors (Lipinski definition) is 1. The molecule has 2 aromatic carbocycles. The monoisotopic (exact) mass is 440 g/mol. The van der Waals surface area contributed by atoms with Gasteiger partial charge in [-0.3, -0.25) is 4.79 Å². The Morgan fingerprint density at radius 2 is 1.71 bits per heavy atom. The lowest BCUT2D eigenvalue weighted by molar-refractivity contribution is -0.122. The molecule has 1 saturated heterocycles. The van der Waals surface area contributed by atoms with E-state index >= 15 is 0 Å². The van der Waals surface area contributed by atoms with Gasteiger partial charge in [-0.05, 0) is 43.0 Å². The lowest BCUT2D eigenvalue weighted by atomic mass is 9.76. The van der Waals surface area contributed by atoms with E-state index in [-0.39, 0.29) is 11.8 Å². The van der Waals surface area contributed by atoms with Crippen molar-refractivity contribution in [3.05, 3.63) is 60.2 Å². The van der Waals surface area contributed by atoms with Crippen LogP contribution in [0.15, 0.2) is 59.5 Å². The summed E-state index contributed by atoms with van der Waals surface area (Å²) in [6.07, 6.45) is 4.58. The fourth-order valence-electron chi connectivity index (χ4n) is 4.85. The Hall–Kier alpha value is -2.38. The molecule has 5 rings (SSSR count). The quantitative estimate of drug-likeness (QED) is 0.773. The Kier molecular flexibility index (Phi) is 5.26. The van der Waals surface area contributed by atoms with Crippen molar-refractivity contribution < 1.29 is 17.9 Å². The number of nitrogens with zero attached hydrogens (tertiary/aromatic N) is 1. The van der Waals surface area contributed by atoms with Crippen molar-refractivity contribution in [2.24, 2.45) is 0 Å². The van der Waals surface area contributed by atoms with E-state index in [0.717, 1.165) is 30.6 Å². The first-order chi connectivity index (χ1) is 15.0. The average molecular weight is 441 g/mol. The minimum Gasteiger partial charge on any atom is -0.487 e. The number of sulfonamides is 1. The predicted octanol–water partition coefficient (Wildman–Crippen LogP) is 3.44. The van der Waals surface area contributed by atoms with Crippen LogP contribution in [0.3, 0.4) is 0 Å². The highest BCUT2D eigenvalue weighted by molar-refractivity contribution is 7.89. The number of nitrogens with one attached hydrogen (secondary N) is 1. The van der Waals surface area contributed by atoms with Gasteiger partial charge in [0, 0.05) is 44.3 Å². The van der Waals surface area contributed by atoms with Crippen molar-refractivity contribution in [1.29, 1.82) is 0 Å². The molecule has 1 atom stereocenters. The summed E-state index contributed by atoms with van der Waals surface area (Å²) in [7, 11) is -3.50. The van der Waals surface area contributed by atoms with Gasteiger partial charge in [-0.2, -0.15) is 4.31 Å². The van der Waals surface area contributed by atoms with Gasteiger partial charge in [-0.15, -0.1) is 0 Å². The summed E-state index contributed by atoms with van der Waals surface area (Å²) in [5.74, 6) is 1.02. The fourth-order valence-corrected chi connectivity index (χ4v) is 6.31. The number of piperidine rings is 1. The molecule has 7 heteroatoms. The van der Waals surface area contributed by atoms with Gasteiger partial charge in [0.1, 0.15) is 11.4 Å². The summed E-state index contributed by atoms with van der Waals surface area (Å²) >= 11 is 0. The average Bonchev–Trinajstić information content (AvgIpc) is 3.58. The Balaban J connectivity index is 1.33. The van der Waals surface area contributed by atoms with Crippen LogP contribution in [0, 0.1) is 0 Å². The molecule has 0 aromatic heterocycles. The van der Waals surface area contributed by atoms with E-state index < -0.39 is 15.6 Å². The van der Waals surface area contributed by atoms with Gasteiger partial charge < -0.3 is 10.1 Å². The summed E-state index contributed by atoms with van der Waals surface area (Å²) in [6, 6.07) is 16.9. The number of carbonyl (C=O) groups is 1. The smallest absolute Gasteiger partial charge is 0.243 e. The number of rotatable bonds is 5. The number of benzene rings is 2. The number of hydrogen-bond acceptors (Lipinski definition) is 4. The van der Waals surface area contributed by atoms with Crippen molar-refractivity contribution in [2.45, 2.75) is 61.0 Å². The van der Waals surface area contributed by atoms with E-state index in [9.17, 15) is 13.2 Å². The van der Waals surface area contributed by atoms with Crippen LogP contribution in [0.2, 0.25) is 0 Å². The van der Waals surface area contributed by atoms with Crippen LogP contribution in [0.1, 0.15) is 50.0 Å². The Bertz CT molecular complexity index is 1060. The normalized spacial score (nSPS) is 23.0. The van der Waals surface area contributed by atoms with Gasteiger partial charge >= 0.3 is 0 Å². The highest BCUT2D eigenvalue weighted by Crippen LogP contribution is 2.47. The molecule has 1 amide bonds.